The van der Waals surface area contributed by atoms with Gasteiger partial charge >= 0.3 is 0 Å². The van der Waals surface area contributed by atoms with Gasteiger partial charge in [0, 0.05) is 88.7 Å². The quantitative estimate of drug-likeness (QED) is 0.350. The van der Waals surface area contributed by atoms with Crippen LogP contribution in [0.4, 0.5) is 0 Å². The largest absolute Gasteiger partial charge is 0.366 e. The molecule has 0 aliphatic heterocycles. The molecule has 0 saturated heterocycles. The minimum atomic E-state index is -0.481. The van der Waals surface area contributed by atoms with Crippen molar-refractivity contribution in [2.75, 3.05) is 0 Å². The first-order valence-electron chi connectivity index (χ1n) is 1.19. The molecule has 2 nitrogen and oxygen atoms in total. The van der Waals surface area contributed by atoms with Gasteiger partial charge in [0.05, 0.1) is 0 Å². The number of carbonyl (C=O) groups is 1. The molecule has 0 rings (SSSR count). The molecular weight excluding hydrogens is 135 g/mol. The second-order valence-electron chi connectivity index (χ2n) is 0.606. The monoisotopic (exact) mass is 140 g/mol. The van der Waals surface area contributed by atoms with Gasteiger partial charge in [-0.05, 0) is 6.08 Å². The van der Waals surface area contributed by atoms with Crippen molar-refractivity contribution in [1.82, 2.24) is 0 Å². The molecule has 2 N–H and O–H groups in total. The Bertz CT molecular complexity index is 65.5. The van der Waals surface area contributed by atoms with Gasteiger partial charge in [0.25, 0.3) is 0 Å². The normalized spacial score (nSPS) is 4.00. The van der Waals surface area contributed by atoms with E-state index in [1.165, 1.54) is 0 Å². The van der Waals surface area contributed by atoms with Gasteiger partial charge in [0.15, 0.2) is 0 Å². The van der Waals surface area contributed by atoms with Crippen molar-refractivity contribution in [3.05, 3.63) is 12.7 Å². The third-order valence-corrected chi connectivity index (χ3v) is 0.201. The molecule has 0 fully saturated rings. The number of carbonyl (C=O) groups excluding carboxylic acids is 1. The molecule has 5 heteroatoms. The molecule has 0 aromatic rings. The summed E-state index contributed by atoms with van der Waals surface area (Å²) in [7, 11) is 0. The van der Waals surface area contributed by atoms with Crippen molar-refractivity contribution < 1.29 is 4.79 Å². The van der Waals surface area contributed by atoms with E-state index >= 15 is 0 Å². The SMILES string of the molecule is C=CC(N)=O.[Na].[Na].[Na]. The van der Waals surface area contributed by atoms with Crippen LogP contribution in [0.3, 0.4) is 0 Å². The predicted octanol–water partition coefficient (Wildman–Crippen LogP) is -1.48. The van der Waals surface area contributed by atoms with Crippen molar-refractivity contribution in [2.45, 2.75) is 0 Å². The third-order valence-electron chi connectivity index (χ3n) is 0.201. The van der Waals surface area contributed by atoms with E-state index in [1.54, 1.807) is 0 Å². The summed E-state index contributed by atoms with van der Waals surface area (Å²) in [6, 6.07) is 0. The molecule has 0 heterocycles. The van der Waals surface area contributed by atoms with Gasteiger partial charge in [-0.1, -0.05) is 6.58 Å². The molecule has 1 amide bonds. The maximum Gasteiger partial charge on any atom is 0.240 e. The van der Waals surface area contributed by atoms with Gasteiger partial charge in [-0.2, -0.15) is 0 Å². The molecule has 0 saturated carbocycles. The van der Waals surface area contributed by atoms with Crippen molar-refractivity contribution >= 4 is 94.6 Å². The molecule has 0 unspecified atom stereocenters. The van der Waals surface area contributed by atoms with Crippen LogP contribution in [0.5, 0.6) is 0 Å². The van der Waals surface area contributed by atoms with E-state index in [0.29, 0.717) is 0 Å². The minimum Gasteiger partial charge on any atom is -0.366 e. The van der Waals surface area contributed by atoms with Crippen LogP contribution < -0.4 is 5.73 Å². The molecule has 0 aliphatic carbocycles. The molecule has 0 atom stereocenters. The maximum atomic E-state index is 9.47. The molecule has 0 bridgehead atoms. The van der Waals surface area contributed by atoms with Crippen molar-refractivity contribution in [1.29, 1.82) is 0 Å². The summed E-state index contributed by atoms with van der Waals surface area (Å²) >= 11 is 0. The summed E-state index contributed by atoms with van der Waals surface area (Å²) in [5.41, 5.74) is 4.53. The van der Waals surface area contributed by atoms with Gasteiger partial charge in [0.2, 0.25) is 5.91 Å². The van der Waals surface area contributed by atoms with E-state index in [4.69, 9.17) is 0 Å². The van der Waals surface area contributed by atoms with Crippen LogP contribution >= 0.6 is 0 Å². The van der Waals surface area contributed by atoms with E-state index < -0.39 is 5.91 Å². The first kappa shape index (κ1) is 22.5. The summed E-state index contributed by atoms with van der Waals surface area (Å²) in [4.78, 5) is 9.47. The Morgan fingerprint density at radius 1 is 1.38 bits per heavy atom. The second kappa shape index (κ2) is 16.1. The Hall–Kier alpha value is 2.21. The minimum absolute atomic E-state index is 0. The number of amides is 1. The topological polar surface area (TPSA) is 43.1 Å². The van der Waals surface area contributed by atoms with Gasteiger partial charge in [0.1, 0.15) is 0 Å². The van der Waals surface area contributed by atoms with Crippen LogP contribution in [0.2, 0.25) is 0 Å². The Morgan fingerprint density at radius 2 is 1.50 bits per heavy atom. The van der Waals surface area contributed by atoms with Gasteiger partial charge in [-0.25, -0.2) is 0 Å². The van der Waals surface area contributed by atoms with Gasteiger partial charge < -0.3 is 5.73 Å². The van der Waals surface area contributed by atoms with E-state index in [2.05, 4.69) is 12.3 Å². The fourth-order valence-electron chi connectivity index (χ4n) is 0. The molecule has 0 aromatic heterocycles. The van der Waals surface area contributed by atoms with Crippen LogP contribution in [0.15, 0.2) is 12.7 Å². The fourth-order valence-corrected chi connectivity index (χ4v) is 0. The number of nitrogens with two attached hydrogens (primary N) is 1. The Balaban J connectivity index is -0.0000000267. The van der Waals surface area contributed by atoms with E-state index in [1.807, 2.05) is 0 Å². The van der Waals surface area contributed by atoms with E-state index in [9.17, 15) is 4.79 Å². The number of primary amides is 1. The second-order valence-corrected chi connectivity index (χ2v) is 0.606. The standard InChI is InChI=1S/C3H5NO.3Na/c1-2-3(4)5;;;/h2H,1H2,(H2,4,5);;;. The van der Waals surface area contributed by atoms with Crippen LogP contribution in [0, 0.1) is 0 Å². The summed E-state index contributed by atoms with van der Waals surface area (Å²) < 4.78 is 0. The van der Waals surface area contributed by atoms with E-state index in [-0.39, 0.29) is 88.7 Å². The smallest absolute Gasteiger partial charge is 0.240 e. The van der Waals surface area contributed by atoms with Gasteiger partial charge in [-0.15, -0.1) is 0 Å². The van der Waals surface area contributed by atoms with E-state index in [0.717, 1.165) is 6.08 Å². The average molecular weight is 140 g/mol. The Morgan fingerprint density at radius 3 is 1.50 bits per heavy atom. The van der Waals surface area contributed by atoms with Crippen LogP contribution in [-0.4, -0.2) is 94.6 Å². The zero-order chi connectivity index (χ0) is 4.28. The molecule has 0 aliphatic rings. The first-order valence-corrected chi connectivity index (χ1v) is 1.19. The van der Waals surface area contributed by atoms with Crippen LogP contribution in [0.25, 0.3) is 0 Å². The average Bonchev–Trinajstić information content (AvgIpc) is 1.38. The molecule has 31 valence electrons. The zero-order valence-corrected chi connectivity index (χ0v) is 11.8. The van der Waals surface area contributed by atoms with Crippen molar-refractivity contribution in [2.24, 2.45) is 5.73 Å². The molecular formula is C3H5NNa3O. The number of rotatable bonds is 1. The Labute approximate surface area is 116 Å². The molecule has 0 spiro atoms. The van der Waals surface area contributed by atoms with Crippen LogP contribution in [-0.2, 0) is 4.79 Å². The third kappa shape index (κ3) is 24.1. The summed E-state index contributed by atoms with van der Waals surface area (Å²) in [5.74, 6) is -0.481. The first-order chi connectivity index (χ1) is 2.27. The van der Waals surface area contributed by atoms with Crippen molar-refractivity contribution in [3.63, 3.8) is 0 Å². The molecule has 0 aromatic carbocycles. The predicted molar refractivity (Wildman–Crippen MR) is 36.7 cm³/mol. The van der Waals surface area contributed by atoms with Crippen LogP contribution in [0.1, 0.15) is 0 Å². The van der Waals surface area contributed by atoms with Gasteiger partial charge in [-0.3, -0.25) is 4.79 Å². The number of hydrogen-bond donors (Lipinski definition) is 1. The molecule has 8 heavy (non-hydrogen) atoms. The fraction of sp³-hybridized carbons (Fsp3) is 0. The van der Waals surface area contributed by atoms with Crippen molar-refractivity contribution in [3.8, 4) is 0 Å². The maximum absolute atomic E-state index is 9.47. The summed E-state index contributed by atoms with van der Waals surface area (Å²) in [5, 5.41) is 0. The number of hydrogen-bond acceptors (Lipinski definition) is 1. The summed E-state index contributed by atoms with van der Waals surface area (Å²) in [6.45, 7) is 3.09. The zero-order valence-electron chi connectivity index (χ0n) is 5.77. The molecule has 3 radical (unpaired) electrons. The Kier molecular flexibility index (Phi) is 45.2. The summed E-state index contributed by atoms with van der Waals surface area (Å²) in [6.07, 6.45) is 1.06.